The fourth-order valence-corrected chi connectivity index (χ4v) is 3.04. The van der Waals surface area contributed by atoms with Crippen molar-refractivity contribution >= 4 is 11.9 Å². The fourth-order valence-electron chi connectivity index (χ4n) is 3.04. The number of ether oxygens (including phenoxy) is 3. The molecule has 0 fully saturated rings. The summed E-state index contributed by atoms with van der Waals surface area (Å²) in [4.78, 5) is 12.7. The maximum atomic E-state index is 12.7. The summed E-state index contributed by atoms with van der Waals surface area (Å²) in [5.41, 5.74) is 3.34. The van der Waals surface area contributed by atoms with Crippen molar-refractivity contribution in [2.75, 3.05) is 6.61 Å². The van der Waals surface area contributed by atoms with Crippen LogP contribution in [-0.2, 0) is 0 Å². The van der Waals surface area contributed by atoms with Crippen molar-refractivity contribution in [3.8, 4) is 17.2 Å². The Balaban J connectivity index is 1.61. The number of Topliss-reactive ketones (excluding diaryl/α,β-unsaturated/α-hetero) is 1. The molecular weight excluding hydrogens is 340 g/mol. The minimum absolute atomic E-state index is 0.136. The third-order valence-corrected chi connectivity index (χ3v) is 4.44. The monoisotopic (exact) mass is 360 g/mol. The maximum Gasteiger partial charge on any atom is 0.231 e. The van der Waals surface area contributed by atoms with Crippen molar-refractivity contribution in [2.24, 2.45) is 0 Å². The molecule has 0 aliphatic carbocycles. The van der Waals surface area contributed by atoms with Crippen molar-refractivity contribution in [2.45, 2.75) is 20.0 Å². The number of carbonyl (C=O) groups excluding carboxylic acids is 1. The quantitative estimate of drug-likeness (QED) is 0.571. The molecule has 4 heteroatoms. The van der Waals surface area contributed by atoms with Crippen LogP contribution in [0.3, 0.4) is 0 Å². The second-order valence-electron chi connectivity index (χ2n) is 6.79. The largest absolute Gasteiger partial charge is 0.489 e. The van der Waals surface area contributed by atoms with E-state index in [2.05, 4.69) is 6.58 Å². The molecule has 2 aromatic rings. The number of hydrogen-bond donors (Lipinski definition) is 0. The molecule has 1 atom stereocenters. The van der Waals surface area contributed by atoms with E-state index in [0.717, 1.165) is 22.5 Å². The molecule has 0 radical (unpaired) electrons. The van der Waals surface area contributed by atoms with Gasteiger partial charge in [-0.3, -0.25) is 4.79 Å². The van der Waals surface area contributed by atoms with E-state index in [-0.39, 0.29) is 11.9 Å². The van der Waals surface area contributed by atoms with Gasteiger partial charge in [-0.25, -0.2) is 0 Å². The highest BCUT2D eigenvalue weighted by Crippen LogP contribution is 2.36. The molecule has 4 rings (SSSR count). The molecule has 0 spiro atoms. The van der Waals surface area contributed by atoms with E-state index < -0.39 is 0 Å². The number of benzene rings is 2. The molecule has 2 heterocycles. The lowest BCUT2D eigenvalue weighted by atomic mass is 10.0. The van der Waals surface area contributed by atoms with Crippen LogP contribution < -0.4 is 14.2 Å². The summed E-state index contributed by atoms with van der Waals surface area (Å²) >= 11 is 0. The number of allylic oxidation sites excluding steroid dienone is 1. The first-order chi connectivity index (χ1) is 13.0. The van der Waals surface area contributed by atoms with Crippen molar-refractivity contribution in [1.82, 2.24) is 0 Å². The highest BCUT2D eigenvalue weighted by molar-refractivity contribution is 6.12. The summed E-state index contributed by atoms with van der Waals surface area (Å²) < 4.78 is 17.4. The summed E-state index contributed by atoms with van der Waals surface area (Å²) in [5, 5.41) is 0. The highest BCUT2D eigenvalue weighted by Gasteiger charge is 2.29. The Morgan fingerprint density at radius 3 is 2.85 bits per heavy atom. The Bertz CT molecular complexity index is 997. The van der Waals surface area contributed by atoms with Crippen LogP contribution in [0.5, 0.6) is 17.2 Å². The normalized spacial score (nSPS) is 18.9. The third-order valence-electron chi connectivity index (χ3n) is 4.44. The molecule has 0 saturated carbocycles. The summed E-state index contributed by atoms with van der Waals surface area (Å²) in [7, 11) is 0. The zero-order valence-corrected chi connectivity index (χ0v) is 15.3. The van der Waals surface area contributed by atoms with Crippen LogP contribution in [0.1, 0.15) is 29.8 Å². The van der Waals surface area contributed by atoms with E-state index in [4.69, 9.17) is 14.2 Å². The van der Waals surface area contributed by atoms with Crippen LogP contribution in [0.15, 0.2) is 72.0 Å². The number of ketones is 1. The van der Waals surface area contributed by atoms with Gasteiger partial charge in [0.15, 0.2) is 5.76 Å². The smallest absolute Gasteiger partial charge is 0.231 e. The van der Waals surface area contributed by atoms with Gasteiger partial charge in [0.2, 0.25) is 5.78 Å². The number of rotatable bonds is 4. The Labute approximate surface area is 158 Å². The van der Waals surface area contributed by atoms with Gasteiger partial charge in [0, 0.05) is 11.6 Å². The molecule has 2 aromatic carbocycles. The third kappa shape index (κ3) is 3.38. The molecule has 0 aromatic heterocycles. The SMILES string of the molecule is C=C(C)COc1ccc2c(c1)O/C(=C/C1=Cc3ccccc3O[C@H]1C)C2=O. The van der Waals surface area contributed by atoms with Crippen molar-refractivity contribution in [3.63, 3.8) is 0 Å². The van der Waals surface area contributed by atoms with Gasteiger partial charge in [-0.05, 0) is 55.3 Å². The Morgan fingerprint density at radius 1 is 1.22 bits per heavy atom. The standard InChI is InChI=1S/C23H20O4/c1-14(2)13-25-18-8-9-19-21(12-18)27-22(23(19)24)11-17-10-16-6-4-5-7-20(16)26-15(17)3/h4-12,15H,1,13H2,2-3H3/b22-11+/t15-/m0/s1. The highest BCUT2D eigenvalue weighted by atomic mass is 16.5. The molecule has 2 aliphatic heterocycles. The molecule has 2 aliphatic rings. The summed E-state index contributed by atoms with van der Waals surface area (Å²) in [6.07, 6.45) is 3.62. The molecule has 0 N–H and O–H groups in total. The topological polar surface area (TPSA) is 44.8 Å². The average molecular weight is 360 g/mol. The van der Waals surface area contributed by atoms with E-state index in [1.807, 2.05) is 44.2 Å². The maximum absolute atomic E-state index is 12.7. The average Bonchev–Trinajstić information content (AvgIpc) is 2.96. The number of fused-ring (bicyclic) bond motifs is 2. The molecule has 0 saturated heterocycles. The number of hydrogen-bond acceptors (Lipinski definition) is 4. The van der Waals surface area contributed by atoms with Crippen LogP contribution in [0.25, 0.3) is 6.08 Å². The van der Waals surface area contributed by atoms with Gasteiger partial charge in [-0.1, -0.05) is 24.8 Å². The lowest BCUT2D eigenvalue weighted by molar-refractivity contribution is 0.101. The predicted octanol–water partition coefficient (Wildman–Crippen LogP) is 4.97. The molecule has 0 amide bonds. The first kappa shape index (κ1) is 17.2. The number of carbonyl (C=O) groups is 1. The van der Waals surface area contributed by atoms with Crippen LogP contribution in [-0.4, -0.2) is 18.5 Å². The van der Waals surface area contributed by atoms with Crippen molar-refractivity contribution in [1.29, 1.82) is 0 Å². The molecule has 0 bridgehead atoms. The zero-order valence-electron chi connectivity index (χ0n) is 15.3. The van der Waals surface area contributed by atoms with Crippen LogP contribution in [0, 0.1) is 0 Å². The first-order valence-corrected chi connectivity index (χ1v) is 8.84. The molecule has 4 nitrogen and oxygen atoms in total. The van der Waals surface area contributed by atoms with E-state index >= 15 is 0 Å². The summed E-state index contributed by atoms with van der Waals surface area (Å²) in [5.74, 6) is 2.16. The molecule has 136 valence electrons. The van der Waals surface area contributed by atoms with Crippen LogP contribution in [0.2, 0.25) is 0 Å². The van der Waals surface area contributed by atoms with Gasteiger partial charge < -0.3 is 14.2 Å². The summed E-state index contributed by atoms with van der Waals surface area (Å²) in [6, 6.07) is 13.1. The predicted molar refractivity (Wildman–Crippen MR) is 104 cm³/mol. The molecular formula is C23H20O4. The van der Waals surface area contributed by atoms with Gasteiger partial charge in [0.1, 0.15) is 30.0 Å². The van der Waals surface area contributed by atoms with Crippen LogP contribution in [0.4, 0.5) is 0 Å². The fraction of sp³-hybridized carbons (Fsp3) is 0.174. The van der Waals surface area contributed by atoms with Gasteiger partial charge in [-0.2, -0.15) is 0 Å². The van der Waals surface area contributed by atoms with Gasteiger partial charge >= 0.3 is 0 Å². The van der Waals surface area contributed by atoms with Gasteiger partial charge in [-0.15, -0.1) is 0 Å². The Hall–Kier alpha value is -3.27. The molecule has 0 unspecified atom stereocenters. The zero-order chi connectivity index (χ0) is 19.0. The van der Waals surface area contributed by atoms with E-state index in [1.165, 1.54) is 0 Å². The molecule has 27 heavy (non-hydrogen) atoms. The minimum atomic E-state index is -0.165. The Kier molecular flexibility index (Phi) is 4.32. The minimum Gasteiger partial charge on any atom is -0.489 e. The van der Waals surface area contributed by atoms with Crippen LogP contribution >= 0.6 is 0 Å². The lowest BCUT2D eigenvalue weighted by Crippen LogP contribution is -2.18. The second-order valence-corrected chi connectivity index (χ2v) is 6.79. The second kappa shape index (κ2) is 6.80. The lowest BCUT2D eigenvalue weighted by Gasteiger charge is -2.22. The van der Waals surface area contributed by atoms with Gasteiger partial charge in [0.25, 0.3) is 0 Å². The van der Waals surface area contributed by atoms with E-state index in [0.29, 0.717) is 29.4 Å². The van der Waals surface area contributed by atoms with Crippen molar-refractivity contribution in [3.05, 3.63) is 83.2 Å². The number of para-hydroxylation sites is 1. The summed E-state index contributed by atoms with van der Waals surface area (Å²) in [6.45, 7) is 8.09. The van der Waals surface area contributed by atoms with E-state index in [9.17, 15) is 4.79 Å². The first-order valence-electron chi connectivity index (χ1n) is 8.84. The Morgan fingerprint density at radius 2 is 2.04 bits per heavy atom. The van der Waals surface area contributed by atoms with Crippen molar-refractivity contribution < 1.29 is 19.0 Å². The van der Waals surface area contributed by atoms with Gasteiger partial charge in [0.05, 0.1) is 5.56 Å². The van der Waals surface area contributed by atoms with E-state index in [1.54, 1.807) is 24.3 Å².